The average molecular weight is 283 g/mol. The fourth-order valence-electron chi connectivity index (χ4n) is 2.18. The number of carbonyl (C=O) groups is 2. The zero-order chi connectivity index (χ0) is 15.4. The van der Waals surface area contributed by atoms with Gasteiger partial charge in [0.2, 0.25) is 5.91 Å². The lowest BCUT2D eigenvalue weighted by atomic mass is 10.0. The molecule has 0 spiro atoms. The Morgan fingerprint density at radius 3 is 2.33 bits per heavy atom. The summed E-state index contributed by atoms with van der Waals surface area (Å²) < 4.78 is 0. The van der Waals surface area contributed by atoms with Crippen LogP contribution in [0.3, 0.4) is 0 Å². The van der Waals surface area contributed by atoms with Crippen molar-refractivity contribution in [3.05, 3.63) is 64.7 Å². The van der Waals surface area contributed by atoms with Gasteiger partial charge in [-0.1, -0.05) is 36.4 Å². The number of anilines is 1. The Morgan fingerprint density at radius 1 is 1.00 bits per heavy atom. The van der Waals surface area contributed by atoms with E-state index in [1.54, 1.807) is 19.1 Å². The van der Waals surface area contributed by atoms with Crippen molar-refractivity contribution in [2.45, 2.75) is 20.3 Å². The van der Waals surface area contributed by atoms with Gasteiger partial charge in [0.05, 0.1) is 17.7 Å². The summed E-state index contributed by atoms with van der Waals surface area (Å²) in [5.74, 6) is -1.27. The van der Waals surface area contributed by atoms with Crippen molar-refractivity contribution in [2.75, 3.05) is 5.32 Å². The maximum absolute atomic E-state index is 12.2. The Morgan fingerprint density at radius 2 is 1.67 bits per heavy atom. The number of hydrogen-bond acceptors (Lipinski definition) is 2. The normalized spacial score (nSPS) is 10.2. The summed E-state index contributed by atoms with van der Waals surface area (Å²) >= 11 is 0. The van der Waals surface area contributed by atoms with Crippen LogP contribution in [0.1, 0.15) is 27.0 Å². The molecule has 0 saturated heterocycles. The van der Waals surface area contributed by atoms with Crippen molar-refractivity contribution in [3.8, 4) is 0 Å². The van der Waals surface area contributed by atoms with Gasteiger partial charge in [0.25, 0.3) is 0 Å². The zero-order valence-corrected chi connectivity index (χ0v) is 12.0. The lowest BCUT2D eigenvalue weighted by Crippen LogP contribution is -2.18. The number of nitrogens with one attached hydrogen (secondary N) is 1. The number of carbonyl (C=O) groups excluding carboxylic acids is 1. The van der Waals surface area contributed by atoms with Crippen molar-refractivity contribution in [3.63, 3.8) is 0 Å². The number of aromatic carboxylic acids is 1. The fraction of sp³-hybridized carbons (Fsp3) is 0.176. The van der Waals surface area contributed by atoms with Crippen molar-refractivity contribution in [1.29, 1.82) is 0 Å². The van der Waals surface area contributed by atoms with E-state index in [0.717, 1.165) is 16.7 Å². The van der Waals surface area contributed by atoms with E-state index in [0.29, 0.717) is 5.69 Å². The zero-order valence-electron chi connectivity index (χ0n) is 12.0. The van der Waals surface area contributed by atoms with E-state index in [4.69, 9.17) is 0 Å². The summed E-state index contributed by atoms with van der Waals surface area (Å²) in [7, 11) is 0. The highest BCUT2D eigenvalue weighted by Crippen LogP contribution is 2.21. The SMILES string of the molecule is Cc1ccccc1CC(=O)Nc1c(C)cccc1C(=O)O. The summed E-state index contributed by atoms with van der Waals surface area (Å²) in [6.45, 7) is 3.72. The summed E-state index contributed by atoms with van der Waals surface area (Å²) in [6.07, 6.45) is 0.222. The molecule has 2 aromatic rings. The van der Waals surface area contributed by atoms with E-state index in [1.165, 1.54) is 6.07 Å². The lowest BCUT2D eigenvalue weighted by Gasteiger charge is -2.12. The van der Waals surface area contributed by atoms with Crippen LogP contribution in [-0.4, -0.2) is 17.0 Å². The maximum Gasteiger partial charge on any atom is 0.337 e. The first-order valence-electron chi connectivity index (χ1n) is 6.66. The third-order valence-corrected chi connectivity index (χ3v) is 3.38. The predicted octanol–water partition coefficient (Wildman–Crippen LogP) is 3.18. The molecule has 2 aromatic carbocycles. The molecule has 0 fully saturated rings. The van der Waals surface area contributed by atoms with Crippen LogP contribution < -0.4 is 5.32 Å². The molecule has 0 unspecified atom stereocenters. The van der Waals surface area contributed by atoms with Gasteiger partial charge in [-0.3, -0.25) is 4.79 Å². The number of rotatable bonds is 4. The summed E-state index contributed by atoms with van der Waals surface area (Å²) in [6, 6.07) is 12.6. The molecule has 0 aliphatic carbocycles. The van der Waals surface area contributed by atoms with Gasteiger partial charge in [0.15, 0.2) is 0 Å². The number of para-hydroxylation sites is 1. The molecule has 0 radical (unpaired) electrons. The lowest BCUT2D eigenvalue weighted by molar-refractivity contribution is -0.115. The van der Waals surface area contributed by atoms with Gasteiger partial charge in [-0.15, -0.1) is 0 Å². The molecular formula is C17H17NO3. The molecule has 4 heteroatoms. The van der Waals surface area contributed by atoms with Crippen LogP contribution in [0.5, 0.6) is 0 Å². The van der Waals surface area contributed by atoms with Gasteiger partial charge in [-0.25, -0.2) is 4.79 Å². The van der Waals surface area contributed by atoms with Crippen LogP contribution in [0.25, 0.3) is 0 Å². The Balaban J connectivity index is 2.21. The second-order valence-corrected chi connectivity index (χ2v) is 4.95. The molecule has 2 rings (SSSR count). The van der Waals surface area contributed by atoms with E-state index in [2.05, 4.69) is 5.32 Å². The first-order chi connectivity index (χ1) is 9.99. The van der Waals surface area contributed by atoms with Gasteiger partial charge in [0, 0.05) is 0 Å². The Labute approximate surface area is 123 Å². The van der Waals surface area contributed by atoms with Gasteiger partial charge >= 0.3 is 5.97 Å². The van der Waals surface area contributed by atoms with Crippen LogP contribution in [-0.2, 0) is 11.2 Å². The minimum absolute atomic E-state index is 0.105. The van der Waals surface area contributed by atoms with Gasteiger partial charge in [-0.05, 0) is 36.6 Å². The molecule has 4 nitrogen and oxygen atoms in total. The first kappa shape index (κ1) is 14.8. The molecule has 0 saturated carbocycles. The highest BCUT2D eigenvalue weighted by Gasteiger charge is 2.15. The van der Waals surface area contributed by atoms with Gasteiger partial charge in [0.1, 0.15) is 0 Å². The van der Waals surface area contributed by atoms with Gasteiger partial charge in [-0.2, -0.15) is 0 Å². The number of benzene rings is 2. The highest BCUT2D eigenvalue weighted by atomic mass is 16.4. The molecular weight excluding hydrogens is 266 g/mol. The van der Waals surface area contributed by atoms with Crippen molar-refractivity contribution >= 4 is 17.6 Å². The number of aryl methyl sites for hydroxylation is 2. The Bertz CT molecular complexity index is 692. The molecule has 1 amide bonds. The van der Waals surface area contributed by atoms with E-state index in [9.17, 15) is 14.7 Å². The third-order valence-electron chi connectivity index (χ3n) is 3.38. The molecule has 0 aromatic heterocycles. The standard InChI is InChI=1S/C17H17NO3/c1-11-6-3-4-8-13(11)10-15(19)18-16-12(2)7-5-9-14(16)17(20)21/h3-9H,10H2,1-2H3,(H,18,19)(H,20,21). The average Bonchev–Trinajstić information content (AvgIpc) is 2.43. The summed E-state index contributed by atoms with van der Waals surface area (Å²) in [5, 5.41) is 11.9. The van der Waals surface area contributed by atoms with E-state index in [-0.39, 0.29) is 17.9 Å². The van der Waals surface area contributed by atoms with Crippen molar-refractivity contribution in [2.24, 2.45) is 0 Å². The summed E-state index contributed by atoms with van der Waals surface area (Å²) in [5.41, 5.74) is 3.17. The molecule has 21 heavy (non-hydrogen) atoms. The number of hydrogen-bond donors (Lipinski definition) is 2. The highest BCUT2D eigenvalue weighted by molar-refractivity contribution is 6.02. The molecule has 0 heterocycles. The number of carboxylic acids is 1. The monoisotopic (exact) mass is 283 g/mol. The largest absolute Gasteiger partial charge is 0.478 e. The van der Waals surface area contributed by atoms with Crippen molar-refractivity contribution in [1.82, 2.24) is 0 Å². The Hall–Kier alpha value is -2.62. The predicted molar refractivity (Wildman–Crippen MR) is 81.7 cm³/mol. The van der Waals surface area contributed by atoms with E-state index >= 15 is 0 Å². The van der Waals surface area contributed by atoms with Crippen LogP contribution in [0, 0.1) is 13.8 Å². The molecule has 0 aliphatic rings. The fourth-order valence-corrected chi connectivity index (χ4v) is 2.18. The topological polar surface area (TPSA) is 66.4 Å². The van der Waals surface area contributed by atoms with E-state index in [1.807, 2.05) is 31.2 Å². The quantitative estimate of drug-likeness (QED) is 0.905. The maximum atomic E-state index is 12.2. The minimum Gasteiger partial charge on any atom is -0.478 e. The van der Waals surface area contributed by atoms with Gasteiger partial charge < -0.3 is 10.4 Å². The molecule has 0 atom stereocenters. The summed E-state index contributed by atoms with van der Waals surface area (Å²) in [4.78, 5) is 23.4. The number of amides is 1. The second kappa shape index (κ2) is 6.22. The minimum atomic E-state index is -1.05. The van der Waals surface area contributed by atoms with Crippen LogP contribution in [0.2, 0.25) is 0 Å². The number of carboxylic acid groups (broad SMARTS) is 1. The van der Waals surface area contributed by atoms with E-state index < -0.39 is 5.97 Å². The Kier molecular flexibility index (Phi) is 4.38. The van der Waals surface area contributed by atoms with Crippen LogP contribution >= 0.6 is 0 Å². The first-order valence-corrected chi connectivity index (χ1v) is 6.66. The molecule has 0 bridgehead atoms. The third kappa shape index (κ3) is 3.48. The van der Waals surface area contributed by atoms with Crippen molar-refractivity contribution < 1.29 is 14.7 Å². The molecule has 2 N–H and O–H groups in total. The second-order valence-electron chi connectivity index (χ2n) is 4.95. The molecule has 0 aliphatic heterocycles. The molecule has 108 valence electrons. The van der Waals surface area contributed by atoms with Crippen LogP contribution in [0.4, 0.5) is 5.69 Å². The van der Waals surface area contributed by atoms with Crippen LogP contribution in [0.15, 0.2) is 42.5 Å². The smallest absolute Gasteiger partial charge is 0.337 e.